The molecule has 1 atom stereocenters. The highest BCUT2D eigenvalue weighted by molar-refractivity contribution is 8.00. The molecule has 0 bridgehead atoms. The van der Waals surface area contributed by atoms with E-state index >= 15 is 0 Å². The van der Waals surface area contributed by atoms with Gasteiger partial charge in [0, 0.05) is 17.5 Å². The molecule has 116 valence electrons. The number of anilines is 1. The summed E-state index contributed by atoms with van der Waals surface area (Å²) < 4.78 is 32.0. The van der Waals surface area contributed by atoms with Crippen LogP contribution in [-0.4, -0.2) is 39.0 Å². The Bertz CT molecular complexity index is 625. The van der Waals surface area contributed by atoms with E-state index in [2.05, 4.69) is 9.46 Å². The Balaban J connectivity index is 2.25. The van der Waals surface area contributed by atoms with Gasteiger partial charge in [-0.05, 0) is 36.8 Å². The van der Waals surface area contributed by atoms with Crippen molar-refractivity contribution in [3.63, 3.8) is 0 Å². The second-order valence-corrected chi connectivity index (χ2v) is 7.88. The molecule has 1 aromatic carbocycles. The van der Waals surface area contributed by atoms with E-state index in [9.17, 15) is 13.2 Å². The van der Waals surface area contributed by atoms with Gasteiger partial charge in [0.15, 0.2) is 0 Å². The van der Waals surface area contributed by atoms with Gasteiger partial charge in [-0.3, -0.25) is 0 Å². The van der Waals surface area contributed by atoms with Crippen LogP contribution in [0.3, 0.4) is 0 Å². The zero-order chi connectivity index (χ0) is 15.5. The Labute approximate surface area is 128 Å². The molecule has 1 fully saturated rings. The maximum absolute atomic E-state index is 12.4. The van der Waals surface area contributed by atoms with Gasteiger partial charge in [-0.1, -0.05) is 0 Å². The van der Waals surface area contributed by atoms with Crippen LogP contribution in [-0.2, 0) is 14.8 Å². The maximum atomic E-state index is 12.4. The SMILES string of the molecule is COC(=O)c1ccc(N)cc1S(=O)(=O)NCC1CCCS1. The molecule has 21 heavy (non-hydrogen) atoms. The van der Waals surface area contributed by atoms with E-state index in [1.807, 2.05) is 0 Å². The lowest BCUT2D eigenvalue weighted by molar-refractivity contribution is 0.0596. The molecule has 1 aliphatic heterocycles. The highest BCUT2D eigenvalue weighted by atomic mass is 32.2. The number of carbonyl (C=O) groups excluding carboxylic acids is 1. The lowest BCUT2D eigenvalue weighted by atomic mass is 10.2. The number of carbonyl (C=O) groups is 1. The lowest BCUT2D eigenvalue weighted by Crippen LogP contribution is -2.31. The van der Waals surface area contributed by atoms with Gasteiger partial charge in [0.05, 0.1) is 17.6 Å². The number of methoxy groups -OCH3 is 1. The first-order chi connectivity index (χ1) is 9.94. The maximum Gasteiger partial charge on any atom is 0.339 e. The van der Waals surface area contributed by atoms with Gasteiger partial charge in [0.1, 0.15) is 0 Å². The summed E-state index contributed by atoms with van der Waals surface area (Å²) in [6.45, 7) is 0.350. The topological polar surface area (TPSA) is 98.5 Å². The standard InChI is InChI=1S/C13H18N2O4S2/c1-19-13(16)11-5-4-9(14)7-12(11)21(17,18)15-8-10-3-2-6-20-10/h4-5,7,10,15H,2-3,6,8,14H2,1H3. The van der Waals surface area contributed by atoms with Crippen molar-refractivity contribution in [2.75, 3.05) is 25.1 Å². The van der Waals surface area contributed by atoms with Crippen LogP contribution in [0.5, 0.6) is 0 Å². The number of esters is 1. The first-order valence-electron chi connectivity index (χ1n) is 6.53. The number of nitrogens with two attached hydrogens (primary N) is 1. The van der Waals surface area contributed by atoms with Crippen LogP contribution in [0, 0.1) is 0 Å². The normalized spacial score (nSPS) is 18.6. The summed E-state index contributed by atoms with van der Waals surface area (Å²) in [5, 5.41) is 0.280. The van der Waals surface area contributed by atoms with Crippen LogP contribution >= 0.6 is 11.8 Å². The molecule has 0 aromatic heterocycles. The summed E-state index contributed by atoms with van der Waals surface area (Å²) in [5.41, 5.74) is 5.90. The van der Waals surface area contributed by atoms with Gasteiger partial charge in [0.2, 0.25) is 10.0 Å². The number of benzene rings is 1. The molecule has 0 amide bonds. The third-order valence-corrected chi connectivity index (χ3v) is 6.09. The number of nitrogens with one attached hydrogen (secondary N) is 1. The number of thioether (sulfide) groups is 1. The zero-order valence-corrected chi connectivity index (χ0v) is 13.3. The van der Waals surface area contributed by atoms with Crippen molar-refractivity contribution in [3.8, 4) is 0 Å². The smallest absolute Gasteiger partial charge is 0.339 e. The second-order valence-electron chi connectivity index (χ2n) is 4.73. The second kappa shape index (κ2) is 6.67. The van der Waals surface area contributed by atoms with E-state index in [4.69, 9.17) is 5.73 Å². The summed E-state index contributed by atoms with van der Waals surface area (Å²) in [4.78, 5) is 11.6. The average molecular weight is 330 g/mol. The van der Waals surface area contributed by atoms with Crippen molar-refractivity contribution in [3.05, 3.63) is 23.8 Å². The quantitative estimate of drug-likeness (QED) is 0.622. The molecule has 2 rings (SSSR count). The summed E-state index contributed by atoms with van der Waals surface area (Å²) in [6.07, 6.45) is 2.09. The van der Waals surface area contributed by atoms with Crippen LogP contribution in [0.4, 0.5) is 5.69 Å². The number of sulfonamides is 1. The number of ether oxygens (including phenoxy) is 1. The molecule has 8 heteroatoms. The Morgan fingerprint density at radius 3 is 2.90 bits per heavy atom. The predicted molar refractivity (Wildman–Crippen MR) is 82.9 cm³/mol. The van der Waals surface area contributed by atoms with Crippen LogP contribution < -0.4 is 10.5 Å². The molecule has 3 N–H and O–H groups in total. The molecule has 1 aliphatic rings. The van der Waals surface area contributed by atoms with Crippen LogP contribution in [0.1, 0.15) is 23.2 Å². The van der Waals surface area contributed by atoms with Crippen LogP contribution in [0.2, 0.25) is 0 Å². The Hall–Kier alpha value is -1.25. The third-order valence-electron chi connectivity index (χ3n) is 3.23. The number of hydrogen-bond donors (Lipinski definition) is 2. The fourth-order valence-electron chi connectivity index (χ4n) is 2.13. The van der Waals surface area contributed by atoms with Crippen LogP contribution in [0.25, 0.3) is 0 Å². The number of nitrogen functional groups attached to an aromatic ring is 1. The summed E-state index contributed by atoms with van der Waals surface area (Å²) >= 11 is 1.75. The molecule has 1 aromatic rings. The average Bonchev–Trinajstić information content (AvgIpc) is 2.98. The van der Waals surface area contributed by atoms with Crippen molar-refractivity contribution < 1.29 is 17.9 Å². The van der Waals surface area contributed by atoms with Gasteiger partial charge in [-0.15, -0.1) is 0 Å². The van der Waals surface area contributed by atoms with Gasteiger partial charge >= 0.3 is 5.97 Å². The van der Waals surface area contributed by atoms with E-state index in [0.29, 0.717) is 6.54 Å². The molecule has 0 aliphatic carbocycles. The third kappa shape index (κ3) is 3.90. The van der Waals surface area contributed by atoms with E-state index < -0.39 is 16.0 Å². The fourth-order valence-corrected chi connectivity index (χ4v) is 4.74. The van der Waals surface area contributed by atoms with Gasteiger partial charge in [0.25, 0.3) is 0 Å². The predicted octanol–water partition coefficient (Wildman–Crippen LogP) is 1.23. The fraction of sp³-hybridized carbons (Fsp3) is 0.462. The van der Waals surface area contributed by atoms with E-state index in [1.54, 1.807) is 11.8 Å². The monoisotopic (exact) mass is 330 g/mol. The van der Waals surface area contributed by atoms with Gasteiger partial charge in [-0.25, -0.2) is 17.9 Å². The van der Waals surface area contributed by atoms with Crippen molar-refractivity contribution in [1.29, 1.82) is 0 Å². The zero-order valence-electron chi connectivity index (χ0n) is 11.7. The number of rotatable bonds is 5. The van der Waals surface area contributed by atoms with E-state index in [1.165, 1.54) is 25.3 Å². The molecule has 0 radical (unpaired) electrons. The molecule has 0 saturated carbocycles. The van der Waals surface area contributed by atoms with Crippen molar-refractivity contribution in [2.45, 2.75) is 23.0 Å². The molecule has 6 nitrogen and oxygen atoms in total. The summed E-state index contributed by atoms with van der Waals surface area (Å²) in [5.74, 6) is 0.351. The first kappa shape index (κ1) is 16.1. The highest BCUT2D eigenvalue weighted by Gasteiger charge is 2.25. The minimum atomic E-state index is -3.80. The van der Waals surface area contributed by atoms with Crippen molar-refractivity contribution in [1.82, 2.24) is 4.72 Å². The molecular formula is C13H18N2O4S2. The molecule has 0 spiro atoms. The Morgan fingerprint density at radius 1 is 1.52 bits per heavy atom. The summed E-state index contributed by atoms with van der Waals surface area (Å²) in [6, 6.07) is 4.11. The summed E-state index contributed by atoms with van der Waals surface area (Å²) in [7, 11) is -2.59. The van der Waals surface area contributed by atoms with Crippen molar-refractivity contribution >= 4 is 33.4 Å². The minimum Gasteiger partial charge on any atom is -0.465 e. The molecule has 1 heterocycles. The van der Waals surface area contributed by atoms with E-state index in [-0.39, 0.29) is 21.4 Å². The Morgan fingerprint density at radius 2 is 2.29 bits per heavy atom. The van der Waals surface area contributed by atoms with Gasteiger partial charge in [-0.2, -0.15) is 11.8 Å². The molecule has 1 saturated heterocycles. The van der Waals surface area contributed by atoms with Crippen LogP contribution in [0.15, 0.2) is 23.1 Å². The first-order valence-corrected chi connectivity index (χ1v) is 9.06. The van der Waals surface area contributed by atoms with Crippen molar-refractivity contribution in [2.24, 2.45) is 0 Å². The molecule has 1 unspecified atom stereocenters. The Kier molecular flexibility index (Phi) is 5.13. The number of hydrogen-bond acceptors (Lipinski definition) is 6. The minimum absolute atomic E-state index is 0.0155. The van der Waals surface area contributed by atoms with E-state index in [0.717, 1.165) is 18.6 Å². The lowest BCUT2D eigenvalue weighted by Gasteiger charge is -2.13. The molecular weight excluding hydrogens is 312 g/mol. The largest absolute Gasteiger partial charge is 0.465 e. The van der Waals surface area contributed by atoms with Gasteiger partial charge < -0.3 is 10.5 Å². The highest BCUT2D eigenvalue weighted by Crippen LogP contribution is 2.26.